The molecule has 0 aromatic rings. The van der Waals surface area contributed by atoms with Gasteiger partial charge in [0.1, 0.15) is 9.84 Å². The average Bonchev–Trinajstić information content (AvgIpc) is 2.14. The van der Waals surface area contributed by atoms with Gasteiger partial charge in [-0.1, -0.05) is 6.42 Å². The normalized spacial score (nSPS) is 28.1. The van der Waals surface area contributed by atoms with Crippen molar-refractivity contribution in [2.45, 2.75) is 30.9 Å². The van der Waals surface area contributed by atoms with Crippen LogP contribution in [-0.4, -0.2) is 31.6 Å². The van der Waals surface area contributed by atoms with Crippen molar-refractivity contribution < 1.29 is 8.42 Å². The monoisotopic (exact) mass is 233 g/mol. The topological polar surface area (TPSA) is 46.5 Å². The molecule has 5 heteroatoms. The molecule has 2 atom stereocenters. The second kappa shape index (κ2) is 5.01. The number of hydrogen-bond donors (Lipinski definition) is 0. The first-order chi connectivity index (χ1) is 6.54. The predicted octanol–water partition coefficient (Wildman–Crippen LogP) is 1.69. The molecule has 0 N–H and O–H groups in total. The van der Waals surface area contributed by atoms with Crippen LogP contribution in [0.3, 0.4) is 0 Å². The second-order valence-corrected chi connectivity index (χ2v) is 6.42. The number of thiocarbonyl (C=S) groups is 1. The Kier molecular flexibility index (Phi) is 4.23. The summed E-state index contributed by atoms with van der Waals surface area (Å²) in [5.74, 6) is 0.374. The third-order valence-corrected chi connectivity index (χ3v) is 4.52. The van der Waals surface area contributed by atoms with Crippen molar-refractivity contribution in [2.75, 3.05) is 12.8 Å². The van der Waals surface area contributed by atoms with Crippen molar-refractivity contribution >= 4 is 27.2 Å². The SMILES string of the molecule is CS(=O)(=O)[C@@H]1CCC[C@@H](CN=C=S)C1. The third-order valence-electron chi connectivity index (χ3n) is 2.75. The quantitative estimate of drug-likeness (QED) is 0.550. The van der Waals surface area contributed by atoms with E-state index in [-0.39, 0.29) is 5.25 Å². The van der Waals surface area contributed by atoms with E-state index in [2.05, 4.69) is 22.4 Å². The summed E-state index contributed by atoms with van der Waals surface area (Å²) in [5, 5.41) is 2.16. The molecule has 1 rings (SSSR count). The van der Waals surface area contributed by atoms with Gasteiger partial charge in [-0.3, -0.25) is 0 Å². The Morgan fingerprint density at radius 1 is 1.50 bits per heavy atom. The van der Waals surface area contributed by atoms with Gasteiger partial charge in [-0.2, -0.15) is 0 Å². The van der Waals surface area contributed by atoms with E-state index in [1.165, 1.54) is 6.26 Å². The first kappa shape index (κ1) is 11.8. The zero-order chi connectivity index (χ0) is 10.6. The lowest BCUT2D eigenvalue weighted by Crippen LogP contribution is -2.28. The molecule has 1 saturated carbocycles. The van der Waals surface area contributed by atoms with Gasteiger partial charge in [0.05, 0.1) is 17.0 Å². The molecule has 14 heavy (non-hydrogen) atoms. The highest BCUT2D eigenvalue weighted by atomic mass is 32.2. The molecule has 0 aromatic carbocycles. The van der Waals surface area contributed by atoms with E-state index in [0.29, 0.717) is 12.5 Å². The van der Waals surface area contributed by atoms with E-state index in [4.69, 9.17) is 0 Å². The highest BCUT2D eigenvalue weighted by molar-refractivity contribution is 7.91. The molecular weight excluding hydrogens is 218 g/mol. The number of rotatable bonds is 3. The molecule has 0 unspecified atom stereocenters. The molecule has 3 nitrogen and oxygen atoms in total. The molecule has 0 bridgehead atoms. The van der Waals surface area contributed by atoms with Gasteiger partial charge in [0.25, 0.3) is 0 Å². The van der Waals surface area contributed by atoms with Crippen LogP contribution in [-0.2, 0) is 9.84 Å². The van der Waals surface area contributed by atoms with Crippen LogP contribution in [0.15, 0.2) is 4.99 Å². The van der Waals surface area contributed by atoms with Crippen molar-refractivity contribution in [3.63, 3.8) is 0 Å². The fraction of sp³-hybridized carbons (Fsp3) is 0.889. The second-order valence-electron chi connectivity index (χ2n) is 3.92. The van der Waals surface area contributed by atoms with Gasteiger partial charge in [-0.25, -0.2) is 13.4 Å². The van der Waals surface area contributed by atoms with Crippen LogP contribution in [0.2, 0.25) is 0 Å². The van der Waals surface area contributed by atoms with Crippen LogP contribution in [0.1, 0.15) is 25.7 Å². The molecule has 1 aliphatic carbocycles. The lowest BCUT2D eigenvalue weighted by molar-refractivity contribution is 0.366. The lowest BCUT2D eigenvalue weighted by atomic mass is 9.89. The Labute approximate surface area is 90.5 Å². The first-order valence-electron chi connectivity index (χ1n) is 4.76. The van der Waals surface area contributed by atoms with Crippen LogP contribution < -0.4 is 0 Å². The van der Waals surface area contributed by atoms with Gasteiger partial charge < -0.3 is 0 Å². The van der Waals surface area contributed by atoms with Crippen molar-refractivity contribution in [3.8, 4) is 0 Å². The zero-order valence-corrected chi connectivity index (χ0v) is 9.90. The van der Waals surface area contributed by atoms with Gasteiger partial charge in [-0.05, 0) is 37.4 Å². The summed E-state index contributed by atoms with van der Waals surface area (Å²) in [6, 6.07) is 0. The average molecular weight is 233 g/mol. The minimum atomic E-state index is -2.87. The molecule has 0 aliphatic heterocycles. The van der Waals surface area contributed by atoms with Crippen LogP contribution in [0.5, 0.6) is 0 Å². The van der Waals surface area contributed by atoms with Crippen molar-refractivity contribution in [3.05, 3.63) is 0 Å². The Bertz CT molecular complexity index is 331. The number of hydrogen-bond acceptors (Lipinski definition) is 4. The van der Waals surface area contributed by atoms with Gasteiger partial charge >= 0.3 is 0 Å². The molecule has 0 radical (unpaired) electrons. The standard InChI is InChI=1S/C9H15NO2S2/c1-14(11,12)9-4-2-3-8(5-9)6-10-7-13/h8-9H,2-6H2,1H3/t8-,9-/m1/s1. The van der Waals surface area contributed by atoms with E-state index >= 15 is 0 Å². The summed E-state index contributed by atoms with van der Waals surface area (Å²) >= 11 is 4.49. The summed E-state index contributed by atoms with van der Waals surface area (Å²) in [6.07, 6.45) is 4.90. The summed E-state index contributed by atoms with van der Waals surface area (Å²) < 4.78 is 22.7. The molecule has 0 spiro atoms. The molecule has 1 aliphatic rings. The van der Waals surface area contributed by atoms with E-state index < -0.39 is 9.84 Å². The van der Waals surface area contributed by atoms with Crippen molar-refractivity contribution in [1.82, 2.24) is 0 Å². The number of aliphatic imine (C=N–C) groups is 1. The zero-order valence-electron chi connectivity index (χ0n) is 8.27. The maximum absolute atomic E-state index is 11.3. The summed E-state index contributed by atoms with van der Waals surface area (Å²) in [5.41, 5.74) is 0. The molecule has 1 fully saturated rings. The summed E-state index contributed by atoms with van der Waals surface area (Å²) in [6.45, 7) is 0.634. The smallest absolute Gasteiger partial charge is 0.150 e. The Hall–Kier alpha value is -0.250. The molecule has 0 heterocycles. The number of isothiocyanates is 1. The molecule has 0 aromatic heterocycles. The van der Waals surface area contributed by atoms with Crippen molar-refractivity contribution in [2.24, 2.45) is 10.9 Å². The van der Waals surface area contributed by atoms with Gasteiger partial charge in [0.15, 0.2) is 0 Å². The number of nitrogens with zero attached hydrogens (tertiary/aromatic N) is 1. The maximum atomic E-state index is 11.3. The third kappa shape index (κ3) is 3.48. The van der Waals surface area contributed by atoms with Crippen LogP contribution in [0.4, 0.5) is 0 Å². The molecule has 80 valence electrons. The van der Waals surface area contributed by atoms with Gasteiger partial charge in [0.2, 0.25) is 0 Å². The van der Waals surface area contributed by atoms with Crippen LogP contribution in [0.25, 0.3) is 0 Å². The van der Waals surface area contributed by atoms with E-state index in [9.17, 15) is 8.42 Å². The fourth-order valence-corrected chi connectivity index (χ4v) is 3.25. The highest BCUT2D eigenvalue weighted by Gasteiger charge is 2.28. The Morgan fingerprint density at radius 3 is 2.79 bits per heavy atom. The maximum Gasteiger partial charge on any atom is 0.150 e. The highest BCUT2D eigenvalue weighted by Crippen LogP contribution is 2.28. The summed E-state index contributed by atoms with van der Waals surface area (Å²) in [4.78, 5) is 3.88. The van der Waals surface area contributed by atoms with Crippen LogP contribution >= 0.6 is 12.2 Å². The Morgan fingerprint density at radius 2 is 2.21 bits per heavy atom. The van der Waals surface area contributed by atoms with E-state index in [1.807, 2.05) is 0 Å². The summed E-state index contributed by atoms with van der Waals surface area (Å²) in [7, 11) is -2.87. The molecule has 0 saturated heterocycles. The minimum Gasteiger partial charge on any atom is -0.232 e. The van der Waals surface area contributed by atoms with Gasteiger partial charge in [-0.15, -0.1) is 0 Å². The first-order valence-corrected chi connectivity index (χ1v) is 7.13. The fourth-order valence-electron chi connectivity index (χ4n) is 1.96. The lowest BCUT2D eigenvalue weighted by Gasteiger charge is -2.26. The van der Waals surface area contributed by atoms with Crippen molar-refractivity contribution in [1.29, 1.82) is 0 Å². The Balaban J connectivity index is 2.56. The number of sulfone groups is 1. The molecule has 0 amide bonds. The molecular formula is C9H15NO2S2. The van der Waals surface area contributed by atoms with E-state index in [1.54, 1.807) is 0 Å². The predicted molar refractivity (Wildman–Crippen MR) is 60.5 cm³/mol. The van der Waals surface area contributed by atoms with E-state index in [0.717, 1.165) is 25.7 Å². The van der Waals surface area contributed by atoms with Gasteiger partial charge in [0, 0.05) is 6.26 Å². The minimum absolute atomic E-state index is 0.165. The van der Waals surface area contributed by atoms with Crippen LogP contribution in [0, 0.1) is 5.92 Å². The largest absolute Gasteiger partial charge is 0.232 e.